The van der Waals surface area contributed by atoms with E-state index in [1.165, 1.54) is 0 Å². The van der Waals surface area contributed by atoms with Crippen LogP contribution in [0.4, 0.5) is 16.3 Å². The van der Waals surface area contributed by atoms with Crippen molar-refractivity contribution in [3.8, 4) is 6.07 Å². The van der Waals surface area contributed by atoms with Gasteiger partial charge in [0.25, 0.3) is 0 Å². The van der Waals surface area contributed by atoms with Gasteiger partial charge in [-0.25, -0.2) is 9.78 Å². The number of aromatic nitrogens is 1. The molecule has 0 bridgehead atoms. The number of rotatable bonds is 6. The van der Waals surface area contributed by atoms with Crippen molar-refractivity contribution in [2.45, 2.75) is 45.8 Å². The molecule has 1 unspecified atom stereocenters. The molecule has 8 nitrogen and oxygen atoms in total. The molecule has 2 amide bonds. The maximum atomic E-state index is 12.2. The Morgan fingerprint density at radius 3 is 2.74 bits per heavy atom. The second-order valence-electron chi connectivity index (χ2n) is 8.74. The largest absolute Gasteiger partial charge is 0.444 e. The zero-order chi connectivity index (χ0) is 22.8. The monoisotopic (exact) mass is 443 g/mol. The maximum absolute atomic E-state index is 12.2. The van der Waals surface area contributed by atoms with Crippen LogP contribution in [0.1, 0.15) is 34.1 Å². The summed E-state index contributed by atoms with van der Waals surface area (Å²) >= 11 is 6.41. The number of fused-ring (bicyclic) bond motifs is 1. The summed E-state index contributed by atoms with van der Waals surface area (Å²) in [4.78, 5) is 28.3. The molecular weight excluding hydrogens is 418 g/mol. The van der Waals surface area contributed by atoms with Crippen LogP contribution in [0.25, 0.3) is 10.8 Å². The van der Waals surface area contributed by atoms with Gasteiger partial charge < -0.3 is 20.7 Å². The number of hydrogen-bond donors (Lipinski definition) is 3. The molecule has 1 fully saturated rings. The molecule has 1 aliphatic carbocycles. The quantitative estimate of drug-likeness (QED) is 0.612. The molecule has 0 radical (unpaired) electrons. The average molecular weight is 444 g/mol. The molecule has 0 saturated heterocycles. The maximum Gasteiger partial charge on any atom is 0.407 e. The molecule has 3 rings (SSSR count). The molecule has 2 aromatic rings. The number of amides is 2. The summed E-state index contributed by atoms with van der Waals surface area (Å²) in [5, 5.41) is 19.8. The summed E-state index contributed by atoms with van der Waals surface area (Å²) in [6.07, 6.45) is 1.73. The van der Waals surface area contributed by atoms with Crippen molar-refractivity contribution in [2.75, 3.05) is 17.2 Å². The molecule has 1 aromatic heterocycles. The number of halogens is 1. The Morgan fingerprint density at radius 1 is 1.35 bits per heavy atom. The second-order valence-corrected chi connectivity index (χ2v) is 9.15. The van der Waals surface area contributed by atoms with Crippen LogP contribution in [-0.4, -0.2) is 35.2 Å². The number of pyridine rings is 1. The van der Waals surface area contributed by atoms with Gasteiger partial charge in [-0.3, -0.25) is 4.79 Å². The molecular formula is C22H26ClN5O3. The van der Waals surface area contributed by atoms with Crippen LogP contribution in [0.5, 0.6) is 0 Å². The van der Waals surface area contributed by atoms with Gasteiger partial charge >= 0.3 is 6.09 Å². The number of nitrogens with zero attached hydrogens (tertiary/aromatic N) is 2. The first-order valence-electron chi connectivity index (χ1n) is 10.1. The fourth-order valence-electron chi connectivity index (χ4n) is 3.10. The SMILES string of the molecule is CC(CNC(=O)OC(C)(C)C)Nc1cc(Cl)c2cnc(NC(=O)[C@@H]3C[C@H]3C#N)cc2c1. The normalized spacial score (nSPS) is 18.6. The predicted molar refractivity (Wildman–Crippen MR) is 120 cm³/mol. The summed E-state index contributed by atoms with van der Waals surface area (Å²) < 4.78 is 5.24. The average Bonchev–Trinajstić information content (AvgIpc) is 3.45. The minimum atomic E-state index is -0.553. The van der Waals surface area contributed by atoms with E-state index in [1.54, 1.807) is 18.3 Å². The zero-order valence-corrected chi connectivity index (χ0v) is 18.7. The highest BCUT2D eigenvalue weighted by Gasteiger charge is 2.43. The van der Waals surface area contributed by atoms with Gasteiger partial charge in [0.15, 0.2) is 0 Å². The number of alkyl carbamates (subject to hydrolysis) is 1. The van der Waals surface area contributed by atoms with Crippen molar-refractivity contribution in [1.29, 1.82) is 5.26 Å². The van der Waals surface area contributed by atoms with Gasteiger partial charge in [-0.1, -0.05) is 11.6 Å². The van der Waals surface area contributed by atoms with Crippen molar-refractivity contribution < 1.29 is 14.3 Å². The van der Waals surface area contributed by atoms with E-state index in [1.807, 2.05) is 33.8 Å². The number of nitriles is 1. The van der Waals surface area contributed by atoms with Crippen molar-refractivity contribution in [3.63, 3.8) is 0 Å². The molecule has 1 saturated carbocycles. The van der Waals surface area contributed by atoms with Gasteiger partial charge in [0.2, 0.25) is 5.91 Å². The summed E-state index contributed by atoms with van der Waals surface area (Å²) in [7, 11) is 0. The highest BCUT2D eigenvalue weighted by atomic mass is 35.5. The van der Waals surface area contributed by atoms with Gasteiger partial charge in [-0.2, -0.15) is 5.26 Å². The van der Waals surface area contributed by atoms with E-state index in [9.17, 15) is 9.59 Å². The molecule has 9 heteroatoms. The van der Waals surface area contributed by atoms with Crippen LogP contribution < -0.4 is 16.0 Å². The highest BCUT2D eigenvalue weighted by Crippen LogP contribution is 2.38. The first-order chi connectivity index (χ1) is 14.6. The van der Waals surface area contributed by atoms with Crippen molar-refractivity contribution in [1.82, 2.24) is 10.3 Å². The predicted octanol–water partition coefficient (Wildman–Crippen LogP) is 4.31. The molecule has 164 valence electrons. The van der Waals surface area contributed by atoms with Gasteiger partial charge in [0, 0.05) is 29.9 Å². The highest BCUT2D eigenvalue weighted by molar-refractivity contribution is 6.35. The molecule has 0 spiro atoms. The Kier molecular flexibility index (Phi) is 6.56. The molecule has 3 N–H and O–H groups in total. The second kappa shape index (κ2) is 8.98. The van der Waals surface area contributed by atoms with Crippen LogP contribution in [0, 0.1) is 23.2 Å². The Labute approximate surface area is 186 Å². The van der Waals surface area contributed by atoms with E-state index in [0.29, 0.717) is 23.8 Å². The fraction of sp³-hybridized carbons (Fsp3) is 0.455. The van der Waals surface area contributed by atoms with Crippen LogP contribution in [0.3, 0.4) is 0 Å². The van der Waals surface area contributed by atoms with Crippen LogP contribution in [-0.2, 0) is 9.53 Å². The molecule has 0 aliphatic heterocycles. The summed E-state index contributed by atoms with van der Waals surface area (Å²) in [6.45, 7) is 7.72. The van der Waals surface area contributed by atoms with E-state index >= 15 is 0 Å². The van der Waals surface area contributed by atoms with Crippen molar-refractivity contribution >= 4 is 45.9 Å². The first-order valence-corrected chi connectivity index (χ1v) is 10.5. The summed E-state index contributed by atoms with van der Waals surface area (Å²) in [5.41, 5.74) is 0.217. The van der Waals surface area contributed by atoms with Gasteiger partial charge in [-0.05, 0) is 57.7 Å². The number of anilines is 2. The lowest BCUT2D eigenvalue weighted by molar-refractivity contribution is -0.117. The minimum Gasteiger partial charge on any atom is -0.444 e. The van der Waals surface area contributed by atoms with E-state index < -0.39 is 11.7 Å². The summed E-state index contributed by atoms with van der Waals surface area (Å²) in [6, 6.07) is 7.46. The van der Waals surface area contributed by atoms with E-state index in [-0.39, 0.29) is 23.8 Å². The lowest BCUT2D eigenvalue weighted by atomic mass is 10.1. The smallest absolute Gasteiger partial charge is 0.407 e. The standard InChI is InChI=1S/C22H26ClN5O3/c1-12(10-26-21(30)31-22(2,3)4)27-15-5-13-7-19(25-11-17(13)18(23)8-15)28-20(29)16-6-14(16)9-24/h5,7-8,11-12,14,16,27H,6,10H2,1-4H3,(H,26,30)(H,25,28,29)/t12?,14-,16+/m0/s1. The molecule has 1 heterocycles. The molecule has 31 heavy (non-hydrogen) atoms. The van der Waals surface area contributed by atoms with Crippen molar-refractivity contribution in [2.24, 2.45) is 11.8 Å². The lowest BCUT2D eigenvalue weighted by Gasteiger charge is -2.21. The van der Waals surface area contributed by atoms with Crippen LogP contribution in [0.15, 0.2) is 24.4 Å². The third-order valence-corrected chi connectivity index (χ3v) is 5.01. The lowest BCUT2D eigenvalue weighted by Crippen LogP contribution is -2.38. The fourth-order valence-corrected chi connectivity index (χ4v) is 3.37. The number of carbonyl (C=O) groups excluding carboxylic acids is 2. The molecule has 1 aromatic carbocycles. The number of carbonyl (C=O) groups is 2. The third kappa shape index (κ3) is 6.22. The molecule has 1 aliphatic rings. The molecule has 3 atom stereocenters. The van der Waals surface area contributed by atoms with Gasteiger partial charge in [0.05, 0.1) is 22.9 Å². The summed E-state index contributed by atoms with van der Waals surface area (Å²) in [5.74, 6) is -0.256. The first kappa shape index (κ1) is 22.6. The van der Waals surface area contributed by atoms with E-state index in [0.717, 1.165) is 16.5 Å². The number of benzene rings is 1. The zero-order valence-electron chi connectivity index (χ0n) is 18.0. The van der Waals surface area contributed by atoms with E-state index in [2.05, 4.69) is 27.0 Å². The third-order valence-electron chi connectivity index (χ3n) is 4.70. The van der Waals surface area contributed by atoms with E-state index in [4.69, 9.17) is 21.6 Å². The van der Waals surface area contributed by atoms with Crippen LogP contribution >= 0.6 is 11.6 Å². The Hall–Kier alpha value is -3.05. The van der Waals surface area contributed by atoms with Gasteiger partial charge in [0.1, 0.15) is 11.4 Å². The number of ether oxygens (including phenoxy) is 1. The topological polar surface area (TPSA) is 116 Å². The van der Waals surface area contributed by atoms with Crippen molar-refractivity contribution in [3.05, 3.63) is 29.4 Å². The Morgan fingerprint density at radius 2 is 2.10 bits per heavy atom. The Bertz CT molecular complexity index is 1040. The Balaban J connectivity index is 1.65. The number of hydrogen-bond acceptors (Lipinski definition) is 6. The van der Waals surface area contributed by atoms with Gasteiger partial charge in [-0.15, -0.1) is 0 Å². The minimum absolute atomic E-state index is 0.0835. The number of nitrogens with one attached hydrogen (secondary N) is 3. The van der Waals surface area contributed by atoms with Crippen LogP contribution in [0.2, 0.25) is 5.02 Å².